The predicted molar refractivity (Wildman–Crippen MR) is 90.6 cm³/mol. The number of Topliss-reactive ketones (excluding diaryl/α,β-unsaturated/α-hetero) is 1. The number of nitrogens with one attached hydrogen (secondary N) is 1. The van der Waals surface area contributed by atoms with Crippen LogP contribution in [0.3, 0.4) is 0 Å². The van der Waals surface area contributed by atoms with Gasteiger partial charge in [0, 0.05) is 23.1 Å². The van der Waals surface area contributed by atoms with E-state index in [4.69, 9.17) is 0 Å². The SMILES string of the molecule is CC(NC(C)C)=C(C(=O)CSCCF)c1cccc(C(F)(F)F)c1. The molecule has 134 valence electrons. The van der Waals surface area contributed by atoms with Crippen LogP contribution >= 0.6 is 11.8 Å². The fourth-order valence-electron chi connectivity index (χ4n) is 2.23. The highest BCUT2D eigenvalue weighted by Crippen LogP contribution is 2.32. The Morgan fingerprint density at radius 2 is 1.96 bits per heavy atom. The minimum absolute atomic E-state index is 0.0205. The van der Waals surface area contributed by atoms with Crippen molar-refractivity contribution in [2.75, 3.05) is 18.2 Å². The van der Waals surface area contributed by atoms with Gasteiger partial charge in [-0.25, -0.2) is 0 Å². The molecule has 1 aromatic rings. The van der Waals surface area contributed by atoms with Gasteiger partial charge in [0.25, 0.3) is 0 Å². The molecule has 0 fully saturated rings. The first-order valence-electron chi connectivity index (χ1n) is 7.48. The summed E-state index contributed by atoms with van der Waals surface area (Å²) in [7, 11) is 0. The van der Waals surface area contributed by atoms with Crippen molar-refractivity contribution < 1.29 is 22.4 Å². The highest BCUT2D eigenvalue weighted by molar-refractivity contribution is 8.00. The van der Waals surface area contributed by atoms with Crippen LogP contribution in [0.15, 0.2) is 30.0 Å². The lowest BCUT2D eigenvalue weighted by atomic mass is 9.98. The second-order valence-corrected chi connectivity index (χ2v) is 6.65. The van der Waals surface area contributed by atoms with Crippen molar-refractivity contribution in [2.24, 2.45) is 0 Å². The van der Waals surface area contributed by atoms with Crippen molar-refractivity contribution in [3.8, 4) is 0 Å². The number of carbonyl (C=O) groups excluding carboxylic acids is 1. The third kappa shape index (κ3) is 6.19. The third-order valence-corrected chi connectivity index (χ3v) is 4.00. The van der Waals surface area contributed by atoms with E-state index < -0.39 is 18.4 Å². The van der Waals surface area contributed by atoms with E-state index in [1.807, 2.05) is 13.8 Å². The molecule has 0 aromatic heterocycles. The lowest BCUT2D eigenvalue weighted by Crippen LogP contribution is -2.24. The molecule has 0 saturated carbocycles. The summed E-state index contributed by atoms with van der Waals surface area (Å²) in [5.74, 6) is -0.122. The smallest absolute Gasteiger partial charge is 0.386 e. The van der Waals surface area contributed by atoms with Gasteiger partial charge < -0.3 is 5.32 Å². The molecule has 0 aliphatic rings. The van der Waals surface area contributed by atoms with Crippen LogP contribution in [0.4, 0.5) is 17.6 Å². The molecule has 24 heavy (non-hydrogen) atoms. The number of alkyl halides is 4. The lowest BCUT2D eigenvalue weighted by molar-refractivity contribution is -0.137. The molecule has 1 N–H and O–H groups in total. The van der Waals surface area contributed by atoms with E-state index in [1.54, 1.807) is 6.92 Å². The van der Waals surface area contributed by atoms with Gasteiger partial charge in [-0.05, 0) is 38.5 Å². The molecular formula is C17H21F4NOS. The average Bonchev–Trinajstić information content (AvgIpc) is 2.46. The monoisotopic (exact) mass is 363 g/mol. The number of carbonyl (C=O) groups is 1. The first-order chi connectivity index (χ1) is 11.2. The van der Waals surface area contributed by atoms with E-state index in [1.165, 1.54) is 12.1 Å². The third-order valence-electron chi connectivity index (χ3n) is 3.09. The average molecular weight is 363 g/mol. The Hall–Kier alpha value is -1.50. The molecule has 0 bridgehead atoms. The molecule has 0 amide bonds. The lowest BCUT2D eigenvalue weighted by Gasteiger charge is -2.17. The summed E-state index contributed by atoms with van der Waals surface area (Å²) in [4.78, 5) is 12.5. The molecular weight excluding hydrogens is 342 g/mol. The minimum atomic E-state index is -4.48. The van der Waals surface area contributed by atoms with Crippen molar-refractivity contribution in [1.82, 2.24) is 5.32 Å². The second kappa shape index (κ2) is 9.11. The van der Waals surface area contributed by atoms with Crippen molar-refractivity contribution in [3.05, 3.63) is 41.1 Å². The molecule has 7 heteroatoms. The molecule has 1 rings (SSSR count). The Morgan fingerprint density at radius 1 is 1.29 bits per heavy atom. The van der Waals surface area contributed by atoms with E-state index in [9.17, 15) is 22.4 Å². The fraction of sp³-hybridized carbons (Fsp3) is 0.471. The molecule has 0 aliphatic heterocycles. The van der Waals surface area contributed by atoms with E-state index >= 15 is 0 Å². The van der Waals surface area contributed by atoms with Crippen LogP contribution in [0.1, 0.15) is 31.9 Å². The molecule has 0 heterocycles. The highest BCUT2D eigenvalue weighted by atomic mass is 32.2. The maximum absolute atomic E-state index is 12.9. The number of hydrogen-bond donors (Lipinski definition) is 1. The Balaban J connectivity index is 3.25. The largest absolute Gasteiger partial charge is 0.416 e. The normalized spacial score (nSPS) is 13.0. The maximum atomic E-state index is 12.9. The van der Waals surface area contributed by atoms with Gasteiger partial charge in [0.15, 0.2) is 5.78 Å². The summed E-state index contributed by atoms with van der Waals surface area (Å²) in [5, 5.41) is 3.07. The van der Waals surface area contributed by atoms with Crippen molar-refractivity contribution in [2.45, 2.75) is 33.0 Å². The summed E-state index contributed by atoms with van der Waals surface area (Å²) in [5.41, 5.74) is 0.122. The minimum Gasteiger partial charge on any atom is -0.386 e. The topological polar surface area (TPSA) is 29.1 Å². The summed E-state index contributed by atoms with van der Waals surface area (Å²) in [6.45, 7) is 4.85. The quantitative estimate of drug-likeness (QED) is 0.412. The number of rotatable bonds is 8. The van der Waals surface area contributed by atoms with Gasteiger partial charge in [0.2, 0.25) is 0 Å². The molecule has 0 spiro atoms. The van der Waals surface area contributed by atoms with Crippen LogP contribution in [0.2, 0.25) is 0 Å². The highest BCUT2D eigenvalue weighted by Gasteiger charge is 2.31. The Labute approximate surface area is 143 Å². The van der Waals surface area contributed by atoms with Gasteiger partial charge in [0.05, 0.1) is 18.0 Å². The van der Waals surface area contributed by atoms with Crippen molar-refractivity contribution in [1.29, 1.82) is 0 Å². The number of thioether (sulfide) groups is 1. The predicted octanol–water partition coefficient (Wildman–Crippen LogP) is 4.71. The van der Waals surface area contributed by atoms with Crippen molar-refractivity contribution >= 4 is 23.1 Å². The number of allylic oxidation sites excluding steroid dienone is 2. The number of benzene rings is 1. The second-order valence-electron chi connectivity index (χ2n) is 5.54. The van der Waals surface area contributed by atoms with Gasteiger partial charge in [-0.2, -0.15) is 24.9 Å². The summed E-state index contributed by atoms with van der Waals surface area (Å²) >= 11 is 1.12. The number of ketones is 1. The Kier molecular flexibility index (Phi) is 7.79. The van der Waals surface area contributed by atoms with Gasteiger partial charge in [-0.15, -0.1) is 0 Å². The van der Waals surface area contributed by atoms with Crippen LogP contribution in [0.25, 0.3) is 5.57 Å². The van der Waals surface area contributed by atoms with E-state index in [2.05, 4.69) is 5.32 Å². The molecule has 0 aliphatic carbocycles. The zero-order valence-electron chi connectivity index (χ0n) is 13.8. The zero-order valence-corrected chi connectivity index (χ0v) is 14.7. The summed E-state index contributed by atoms with van der Waals surface area (Å²) in [6, 6.07) is 4.72. The first-order valence-corrected chi connectivity index (χ1v) is 8.64. The molecule has 0 unspecified atom stereocenters. The maximum Gasteiger partial charge on any atom is 0.416 e. The first kappa shape index (κ1) is 20.5. The molecule has 1 aromatic carbocycles. The van der Waals surface area contributed by atoms with Crippen LogP contribution < -0.4 is 5.32 Å². The van der Waals surface area contributed by atoms with Gasteiger partial charge >= 0.3 is 6.18 Å². The van der Waals surface area contributed by atoms with Crippen LogP contribution in [0, 0.1) is 0 Å². The summed E-state index contributed by atoms with van der Waals surface area (Å²) in [6.07, 6.45) is -4.48. The Morgan fingerprint density at radius 3 is 2.50 bits per heavy atom. The van der Waals surface area contributed by atoms with Crippen molar-refractivity contribution in [3.63, 3.8) is 0 Å². The van der Waals surface area contributed by atoms with E-state index in [-0.39, 0.29) is 34.5 Å². The Bertz CT molecular complexity index is 596. The molecule has 0 saturated heterocycles. The van der Waals surface area contributed by atoms with E-state index in [0.29, 0.717) is 5.70 Å². The standard InChI is InChI=1S/C17H21F4NOS/c1-11(2)22-12(3)16(15(23)10-24-8-7-18)13-5-4-6-14(9-13)17(19,20)21/h4-6,9,11,22H,7-8,10H2,1-3H3. The van der Waals surface area contributed by atoms with Crippen LogP contribution in [-0.2, 0) is 11.0 Å². The van der Waals surface area contributed by atoms with Gasteiger partial charge in [0.1, 0.15) is 0 Å². The number of hydrogen-bond acceptors (Lipinski definition) is 3. The van der Waals surface area contributed by atoms with Crippen LogP contribution in [-0.4, -0.2) is 30.0 Å². The van der Waals surface area contributed by atoms with Gasteiger partial charge in [-0.3, -0.25) is 9.18 Å². The molecule has 2 nitrogen and oxygen atoms in total. The zero-order chi connectivity index (χ0) is 18.3. The van der Waals surface area contributed by atoms with Gasteiger partial charge in [-0.1, -0.05) is 12.1 Å². The fourth-order valence-corrected chi connectivity index (χ4v) is 2.82. The molecule has 0 radical (unpaired) electrons. The summed E-state index contributed by atoms with van der Waals surface area (Å²) < 4.78 is 51.0. The molecule has 0 atom stereocenters. The number of halogens is 4. The van der Waals surface area contributed by atoms with Crippen LogP contribution in [0.5, 0.6) is 0 Å². The van der Waals surface area contributed by atoms with E-state index in [0.717, 1.165) is 23.9 Å².